The monoisotopic (exact) mass is 499 g/mol. The molecule has 0 aromatic heterocycles. The maximum atomic E-state index is 14.3. The molecule has 1 fully saturated rings. The van der Waals surface area contributed by atoms with Gasteiger partial charge in [0.25, 0.3) is 11.6 Å². The zero-order valence-corrected chi connectivity index (χ0v) is 18.7. The summed E-state index contributed by atoms with van der Waals surface area (Å²) in [5, 5.41) is 13.1. The first-order valence-corrected chi connectivity index (χ1v) is 11.6. The normalized spacial score (nSPS) is 14.5. The van der Waals surface area contributed by atoms with Gasteiger partial charge in [0.05, 0.1) is 10.5 Å². The molecule has 0 radical (unpaired) electrons. The molecule has 0 atom stereocenters. The standard InChI is InChI=1S/C20H19ClFN3O7S/c21-15-6-5-14(11-17(15)25(28)29)23-19(26)12-32-20(27)13-4-7-16(22)18(10-13)33(30,31)24-8-2-1-3-9-24/h4-7,10-11H,1-3,8-9,12H2,(H,23,26). The van der Waals surface area contributed by atoms with Crippen LogP contribution in [0, 0.1) is 15.9 Å². The van der Waals surface area contributed by atoms with Gasteiger partial charge in [-0.25, -0.2) is 17.6 Å². The number of carbonyl (C=O) groups excluding carboxylic acids is 2. The van der Waals surface area contributed by atoms with Crippen LogP contribution in [0.4, 0.5) is 15.8 Å². The van der Waals surface area contributed by atoms with Crippen LogP contribution in [0.15, 0.2) is 41.3 Å². The van der Waals surface area contributed by atoms with E-state index >= 15 is 0 Å². The third-order valence-electron chi connectivity index (χ3n) is 4.86. The smallest absolute Gasteiger partial charge is 0.338 e. The van der Waals surface area contributed by atoms with Crippen molar-refractivity contribution in [3.05, 3.63) is 62.9 Å². The number of rotatable bonds is 7. The van der Waals surface area contributed by atoms with Gasteiger partial charge >= 0.3 is 5.97 Å². The highest BCUT2D eigenvalue weighted by Crippen LogP contribution is 2.27. The summed E-state index contributed by atoms with van der Waals surface area (Å²) in [5.74, 6) is -2.84. The molecule has 3 rings (SSSR count). The zero-order chi connectivity index (χ0) is 24.2. The number of amides is 1. The van der Waals surface area contributed by atoms with Gasteiger partial charge in [0.2, 0.25) is 10.0 Å². The molecule has 10 nitrogen and oxygen atoms in total. The fourth-order valence-electron chi connectivity index (χ4n) is 3.21. The first kappa shape index (κ1) is 24.6. The van der Waals surface area contributed by atoms with Gasteiger partial charge in [-0.15, -0.1) is 0 Å². The molecule has 2 aromatic rings. The Morgan fingerprint density at radius 3 is 2.52 bits per heavy atom. The molecule has 0 unspecified atom stereocenters. The van der Waals surface area contributed by atoms with Crippen LogP contribution in [0.25, 0.3) is 0 Å². The highest BCUT2D eigenvalue weighted by Gasteiger charge is 2.29. The quantitative estimate of drug-likeness (QED) is 0.350. The molecule has 1 N–H and O–H groups in total. The molecule has 1 heterocycles. The summed E-state index contributed by atoms with van der Waals surface area (Å²) in [6.07, 6.45) is 2.20. The molecule has 1 aliphatic heterocycles. The second kappa shape index (κ2) is 10.2. The first-order chi connectivity index (χ1) is 15.6. The van der Waals surface area contributed by atoms with Crippen LogP contribution >= 0.6 is 11.6 Å². The van der Waals surface area contributed by atoms with E-state index in [0.29, 0.717) is 12.8 Å². The topological polar surface area (TPSA) is 136 Å². The summed E-state index contributed by atoms with van der Waals surface area (Å²) in [6.45, 7) is -0.236. The third-order valence-corrected chi connectivity index (χ3v) is 7.09. The lowest BCUT2D eigenvalue weighted by Gasteiger charge is -2.26. The predicted molar refractivity (Wildman–Crippen MR) is 116 cm³/mol. The van der Waals surface area contributed by atoms with Crippen LogP contribution in [0.1, 0.15) is 29.6 Å². The Bertz CT molecular complexity index is 1200. The summed E-state index contributed by atoms with van der Waals surface area (Å²) < 4.78 is 45.9. The summed E-state index contributed by atoms with van der Waals surface area (Å²) in [4.78, 5) is 33.9. The molecule has 33 heavy (non-hydrogen) atoms. The number of esters is 1. The summed E-state index contributed by atoms with van der Waals surface area (Å²) >= 11 is 5.71. The van der Waals surface area contributed by atoms with E-state index < -0.39 is 49.8 Å². The van der Waals surface area contributed by atoms with Crippen LogP contribution in [0.2, 0.25) is 5.02 Å². The van der Waals surface area contributed by atoms with Crippen molar-refractivity contribution in [1.29, 1.82) is 0 Å². The summed E-state index contributed by atoms with van der Waals surface area (Å²) in [7, 11) is -4.13. The van der Waals surface area contributed by atoms with Crippen molar-refractivity contribution < 1.29 is 32.1 Å². The van der Waals surface area contributed by atoms with Crippen molar-refractivity contribution in [2.75, 3.05) is 25.0 Å². The van der Waals surface area contributed by atoms with Crippen molar-refractivity contribution in [3.8, 4) is 0 Å². The number of anilines is 1. The molecule has 1 amide bonds. The zero-order valence-electron chi connectivity index (χ0n) is 17.1. The van der Waals surface area contributed by atoms with Gasteiger partial charge in [-0.05, 0) is 43.2 Å². The molecule has 0 saturated carbocycles. The van der Waals surface area contributed by atoms with Crippen molar-refractivity contribution in [2.24, 2.45) is 0 Å². The van der Waals surface area contributed by atoms with Gasteiger partial charge in [0.1, 0.15) is 15.7 Å². The Morgan fingerprint density at radius 1 is 1.15 bits per heavy atom. The van der Waals surface area contributed by atoms with Gasteiger partial charge in [-0.2, -0.15) is 4.31 Å². The molecule has 0 bridgehead atoms. The van der Waals surface area contributed by atoms with Crippen molar-refractivity contribution >= 4 is 44.9 Å². The average Bonchev–Trinajstić information content (AvgIpc) is 2.79. The molecule has 2 aromatic carbocycles. The van der Waals surface area contributed by atoms with Gasteiger partial charge in [-0.1, -0.05) is 18.0 Å². The predicted octanol–water partition coefficient (Wildman–Crippen LogP) is 3.36. The number of piperidine rings is 1. The Kier molecular flexibility index (Phi) is 7.61. The number of carbonyl (C=O) groups is 2. The Balaban J connectivity index is 1.67. The van der Waals surface area contributed by atoms with Crippen molar-refractivity contribution in [1.82, 2.24) is 4.31 Å². The molecule has 13 heteroatoms. The van der Waals surface area contributed by atoms with E-state index in [1.165, 1.54) is 16.4 Å². The molecular weight excluding hydrogens is 481 g/mol. The largest absolute Gasteiger partial charge is 0.452 e. The number of nitrogens with zero attached hydrogens (tertiary/aromatic N) is 2. The molecule has 1 saturated heterocycles. The number of benzene rings is 2. The number of sulfonamides is 1. The van der Waals surface area contributed by atoms with E-state index in [2.05, 4.69) is 5.32 Å². The maximum absolute atomic E-state index is 14.3. The Labute approximate surface area is 193 Å². The minimum Gasteiger partial charge on any atom is -0.452 e. The van der Waals surface area contributed by atoms with E-state index in [1.807, 2.05) is 0 Å². The van der Waals surface area contributed by atoms with Gasteiger partial charge < -0.3 is 10.1 Å². The van der Waals surface area contributed by atoms with Gasteiger partial charge in [0.15, 0.2) is 6.61 Å². The molecule has 1 aliphatic rings. The molecular formula is C20H19ClFN3O7S. The van der Waals surface area contributed by atoms with Crippen LogP contribution in [0.3, 0.4) is 0 Å². The van der Waals surface area contributed by atoms with E-state index in [-0.39, 0.29) is 29.4 Å². The first-order valence-electron chi connectivity index (χ1n) is 9.80. The minimum atomic E-state index is -4.13. The fourth-order valence-corrected chi connectivity index (χ4v) is 5.01. The second-order valence-corrected chi connectivity index (χ2v) is 9.47. The number of nitro benzene ring substituents is 1. The SMILES string of the molecule is O=C(COC(=O)c1ccc(F)c(S(=O)(=O)N2CCCCC2)c1)Nc1ccc(Cl)c([N+](=O)[O-])c1. The summed E-state index contributed by atoms with van der Waals surface area (Å²) in [5.41, 5.74) is -0.606. The number of hydrogen-bond acceptors (Lipinski definition) is 7. The lowest BCUT2D eigenvalue weighted by Crippen LogP contribution is -2.36. The van der Waals surface area contributed by atoms with E-state index in [9.17, 15) is 32.5 Å². The number of nitrogens with one attached hydrogen (secondary N) is 1. The molecule has 0 aliphatic carbocycles. The lowest BCUT2D eigenvalue weighted by atomic mass is 10.2. The van der Waals surface area contributed by atoms with Crippen molar-refractivity contribution in [3.63, 3.8) is 0 Å². The fraction of sp³-hybridized carbons (Fsp3) is 0.300. The Morgan fingerprint density at radius 2 is 1.85 bits per heavy atom. The molecule has 0 spiro atoms. The average molecular weight is 500 g/mol. The maximum Gasteiger partial charge on any atom is 0.338 e. The second-order valence-electron chi connectivity index (χ2n) is 7.16. The summed E-state index contributed by atoms with van der Waals surface area (Å²) in [6, 6.07) is 6.37. The number of hydrogen-bond donors (Lipinski definition) is 1. The Hall–Kier alpha value is -3.09. The van der Waals surface area contributed by atoms with E-state index in [0.717, 1.165) is 30.7 Å². The van der Waals surface area contributed by atoms with Crippen LogP contribution in [-0.4, -0.2) is 49.2 Å². The third kappa shape index (κ3) is 5.83. The van der Waals surface area contributed by atoms with Crippen molar-refractivity contribution in [2.45, 2.75) is 24.2 Å². The molecule has 176 valence electrons. The van der Waals surface area contributed by atoms with E-state index in [1.54, 1.807) is 0 Å². The van der Waals surface area contributed by atoms with Gasteiger partial charge in [-0.3, -0.25) is 14.9 Å². The van der Waals surface area contributed by atoms with Crippen LogP contribution in [0.5, 0.6) is 0 Å². The minimum absolute atomic E-state index is 0.0591. The highest BCUT2D eigenvalue weighted by atomic mass is 35.5. The van der Waals surface area contributed by atoms with Crippen LogP contribution in [-0.2, 0) is 19.6 Å². The lowest BCUT2D eigenvalue weighted by molar-refractivity contribution is -0.384. The number of halogens is 2. The van der Waals surface area contributed by atoms with Crippen LogP contribution < -0.4 is 5.32 Å². The van der Waals surface area contributed by atoms with Gasteiger partial charge in [0, 0.05) is 24.8 Å². The van der Waals surface area contributed by atoms with E-state index in [4.69, 9.17) is 16.3 Å². The number of ether oxygens (including phenoxy) is 1. The number of nitro groups is 1. The highest BCUT2D eigenvalue weighted by molar-refractivity contribution is 7.89.